The van der Waals surface area contributed by atoms with E-state index in [9.17, 15) is 18.0 Å². The third kappa shape index (κ3) is 4.77. The lowest BCUT2D eigenvalue weighted by atomic mass is 10.1. The summed E-state index contributed by atoms with van der Waals surface area (Å²) in [6.07, 6.45) is 2.14. The van der Waals surface area contributed by atoms with Crippen molar-refractivity contribution in [3.05, 3.63) is 59.6 Å². The molecule has 0 saturated carbocycles. The summed E-state index contributed by atoms with van der Waals surface area (Å²) in [6.45, 7) is 2.17. The molecule has 1 aromatic carbocycles. The summed E-state index contributed by atoms with van der Waals surface area (Å²) >= 11 is 0. The lowest BCUT2D eigenvalue weighted by Crippen LogP contribution is -2.15. The summed E-state index contributed by atoms with van der Waals surface area (Å²) in [5.41, 5.74) is 0.254. The Kier molecular flexibility index (Phi) is 5.85. The zero-order chi connectivity index (χ0) is 24.6. The molecule has 0 bridgehead atoms. The van der Waals surface area contributed by atoms with Crippen LogP contribution in [-0.2, 0) is 12.5 Å². The molecule has 0 aliphatic carbocycles. The van der Waals surface area contributed by atoms with Gasteiger partial charge < -0.3 is 19.1 Å². The number of alkyl halides is 2. The normalized spacial score (nSPS) is 11.6. The van der Waals surface area contributed by atoms with Crippen LogP contribution in [0.25, 0.3) is 11.3 Å². The number of amides is 1. The summed E-state index contributed by atoms with van der Waals surface area (Å²) in [6, 6.07) is 4.31. The maximum Gasteiger partial charge on any atom is 0.290 e. The van der Waals surface area contributed by atoms with Crippen molar-refractivity contribution in [1.82, 2.24) is 25.0 Å². The highest BCUT2D eigenvalue weighted by Crippen LogP contribution is 2.30. The average Bonchev–Trinajstić information content (AvgIpc) is 3.48. The number of halogens is 3. The van der Waals surface area contributed by atoms with Crippen LogP contribution >= 0.6 is 0 Å². The second-order valence-corrected chi connectivity index (χ2v) is 7.70. The summed E-state index contributed by atoms with van der Waals surface area (Å²) in [5, 5.41) is 10.6. The summed E-state index contributed by atoms with van der Waals surface area (Å²) in [7, 11) is 3.38. The van der Waals surface area contributed by atoms with Crippen molar-refractivity contribution < 1.29 is 26.8 Å². The molecule has 0 spiro atoms. The standard InChI is InChI=1S/C21H20F3N7O3/c1-11-26-18(19(34-11)12-5-6-13(22)14(7-12)30(3)4)20(32)28-16-8-25-31(29-16)9-17-27-15(10-33-17)21(2,23)24/h5-8,10H,9H2,1-4H3,(H,28,29,32). The van der Waals surface area contributed by atoms with Crippen molar-refractivity contribution in [3.8, 4) is 11.3 Å². The van der Waals surface area contributed by atoms with E-state index < -0.39 is 23.3 Å². The van der Waals surface area contributed by atoms with Gasteiger partial charge in [0.25, 0.3) is 11.8 Å². The van der Waals surface area contributed by atoms with Gasteiger partial charge in [0.05, 0.1) is 11.9 Å². The zero-order valence-corrected chi connectivity index (χ0v) is 18.6. The van der Waals surface area contributed by atoms with E-state index in [1.807, 2.05) is 0 Å². The van der Waals surface area contributed by atoms with Gasteiger partial charge >= 0.3 is 0 Å². The predicted molar refractivity (Wildman–Crippen MR) is 114 cm³/mol. The lowest BCUT2D eigenvalue weighted by molar-refractivity contribution is 0.0126. The minimum atomic E-state index is -3.14. The third-order valence-electron chi connectivity index (χ3n) is 4.70. The number of nitrogens with one attached hydrogen (secondary N) is 1. The first-order valence-electron chi connectivity index (χ1n) is 10.00. The van der Waals surface area contributed by atoms with Crippen LogP contribution < -0.4 is 10.2 Å². The second kappa shape index (κ2) is 8.65. The molecule has 178 valence electrons. The van der Waals surface area contributed by atoms with Gasteiger partial charge in [-0.15, -0.1) is 5.10 Å². The Morgan fingerprint density at radius 2 is 2.03 bits per heavy atom. The molecule has 13 heteroatoms. The van der Waals surface area contributed by atoms with Crippen molar-refractivity contribution in [2.75, 3.05) is 24.3 Å². The van der Waals surface area contributed by atoms with Gasteiger partial charge in [-0.05, 0) is 18.2 Å². The molecule has 10 nitrogen and oxygen atoms in total. The van der Waals surface area contributed by atoms with Crippen LogP contribution in [0.5, 0.6) is 0 Å². The van der Waals surface area contributed by atoms with Gasteiger partial charge in [0.1, 0.15) is 24.3 Å². The quantitative estimate of drug-likeness (QED) is 0.429. The van der Waals surface area contributed by atoms with Gasteiger partial charge in [-0.1, -0.05) is 0 Å². The van der Waals surface area contributed by atoms with Gasteiger partial charge in [-0.3, -0.25) is 4.79 Å². The van der Waals surface area contributed by atoms with Crippen LogP contribution in [0.15, 0.2) is 39.5 Å². The van der Waals surface area contributed by atoms with Crippen LogP contribution in [0.2, 0.25) is 0 Å². The molecule has 3 heterocycles. The Bertz CT molecular complexity index is 1340. The molecule has 0 fully saturated rings. The Balaban J connectivity index is 1.52. The highest BCUT2D eigenvalue weighted by molar-refractivity contribution is 6.06. The Morgan fingerprint density at radius 3 is 2.71 bits per heavy atom. The van der Waals surface area contributed by atoms with Crippen molar-refractivity contribution in [2.45, 2.75) is 26.3 Å². The largest absolute Gasteiger partial charge is 0.446 e. The first kappa shape index (κ1) is 23.0. The Morgan fingerprint density at radius 1 is 1.26 bits per heavy atom. The number of hydrogen-bond donors (Lipinski definition) is 1. The van der Waals surface area contributed by atoms with Crippen molar-refractivity contribution in [2.24, 2.45) is 0 Å². The van der Waals surface area contributed by atoms with E-state index in [1.165, 1.54) is 18.3 Å². The molecular weight excluding hydrogens is 455 g/mol. The van der Waals surface area contributed by atoms with E-state index in [1.54, 1.807) is 32.0 Å². The van der Waals surface area contributed by atoms with Crippen molar-refractivity contribution >= 4 is 17.4 Å². The first-order valence-corrected chi connectivity index (χ1v) is 10.00. The van der Waals surface area contributed by atoms with Gasteiger partial charge in [-0.25, -0.2) is 14.4 Å². The minimum absolute atomic E-state index is 0.0209. The number of aryl methyl sites for hydroxylation is 1. The van der Waals surface area contributed by atoms with Crippen LogP contribution in [-0.4, -0.2) is 45.0 Å². The zero-order valence-electron chi connectivity index (χ0n) is 18.6. The lowest BCUT2D eigenvalue weighted by Gasteiger charge is -2.14. The SMILES string of the molecule is Cc1nc(C(=O)Nc2cnn(Cc3nc(C(C)(F)F)co3)n2)c(-c2ccc(F)c(N(C)C)c2)o1. The Hall–Kier alpha value is -4.16. The third-order valence-corrected chi connectivity index (χ3v) is 4.70. The predicted octanol–water partition coefficient (Wildman–Crippen LogP) is 3.85. The molecule has 0 radical (unpaired) electrons. The number of carbonyl (C=O) groups excluding carboxylic acids is 1. The minimum Gasteiger partial charge on any atom is -0.446 e. The number of anilines is 2. The molecule has 0 saturated heterocycles. The molecular formula is C21H20F3N7O3. The molecule has 1 N–H and O–H groups in total. The fourth-order valence-electron chi connectivity index (χ4n) is 3.09. The van der Waals surface area contributed by atoms with Gasteiger partial charge in [0.15, 0.2) is 23.2 Å². The average molecular weight is 475 g/mol. The van der Waals surface area contributed by atoms with E-state index in [-0.39, 0.29) is 35.6 Å². The fourth-order valence-corrected chi connectivity index (χ4v) is 3.09. The van der Waals surface area contributed by atoms with Crippen LogP contribution in [0.1, 0.15) is 34.9 Å². The summed E-state index contributed by atoms with van der Waals surface area (Å²) in [4.78, 5) is 23.5. The van der Waals surface area contributed by atoms with Crippen molar-refractivity contribution in [1.29, 1.82) is 0 Å². The van der Waals surface area contributed by atoms with E-state index in [2.05, 4.69) is 25.5 Å². The topological polar surface area (TPSA) is 115 Å². The molecule has 34 heavy (non-hydrogen) atoms. The molecule has 0 aliphatic rings. The van der Waals surface area contributed by atoms with Crippen molar-refractivity contribution in [3.63, 3.8) is 0 Å². The van der Waals surface area contributed by atoms with E-state index in [0.717, 1.165) is 11.1 Å². The highest BCUT2D eigenvalue weighted by Gasteiger charge is 2.29. The van der Waals surface area contributed by atoms with Crippen LogP contribution in [0.3, 0.4) is 0 Å². The Labute approximate surface area is 191 Å². The van der Waals surface area contributed by atoms with E-state index in [0.29, 0.717) is 18.2 Å². The number of oxazole rings is 2. The maximum atomic E-state index is 14.1. The van der Waals surface area contributed by atoms with Gasteiger partial charge in [0.2, 0.25) is 5.89 Å². The smallest absolute Gasteiger partial charge is 0.290 e. The number of carbonyl (C=O) groups is 1. The summed E-state index contributed by atoms with van der Waals surface area (Å²) < 4.78 is 51.3. The number of aromatic nitrogens is 5. The molecule has 0 atom stereocenters. The van der Waals surface area contributed by atoms with E-state index in [4.69, 9.17) is 8.83 Å². The number of nitrogens with zero attached hydrogens (tertiary/aromatic N) is 6. The molecule has 0 aliphatic heterocycles. The molecule has 3 aromatic heterocycles. The molecule has 0 unspecified atom stereocenters. The fraction of sp³-hybridized carbons (Fsp3) is 0.286. The number of hydrogen-bond acceptors (Lipinski definition) is 8. The van der Waals surface area contributed by atoms with Crippen LogP contribution in [0, 0.1) is 12.7 Å². The second-order valence-electron chi connectivity index (χ2n) is 7.70. The van der Waals surface area contributed by atoms with Gasteiger partial charge in [0, 0.05) is 33.5 Å². The molecule has 4 rings (SSSR count). The number of benzene rings is 1. The monoisotopic (exact) mass is 475 g/mol. The maximum absolute atomic E-state index is 14.1. The number of rotatable bonds is 7. The highest BCUT2D eigenvalue weighted by atomic mass is 19.3. The first-order chi connectivity index (χ1) is 16.0. The summed E-state index contributed by atoms with van der Waals surface area (Å²) in [5.74, 6) is -3.72. The van der Waals surface area contributed by atoms with Gasteiger partial charge in [-0.2, -0.15) is 18.7 Å². The van der Waals surface area contributed by atoms with E-state index >= 15 is 0 Å². The molecule has 1 amide bonds. The van der Waals surface area contributed by atoms with Crippen LogP contribution in [0.4, 0.5) is 24.7 Å². The molecule has 4 aromatic rings.